The molecule has 0 aromatic carbocycles. The van der Waals surface area contributed by atoms with Gasteiger partial charge in [-0.2, -0.15) is 0 Å². The monoisotopic (exact) mass is 1250 g/mol. The number of unbranched alkanes of at least 4 members (excludes halogenated alkanes) is 37. The Morgan fingerprint density at radius 1 is 0.409 bits per heavy atom. The summed E-state index contributed by atoms with van der Waals surface area (Å²) in [5, 5.41) is 3.05. The molecular formula is C78H141N2O7P. The lowest BCUT2D eigenvalue weighted by Crippen LogP contribution is -2.47. The number of esters is 1. The molecule has 0 aliphatic heterocycles. The first-order chi connectivity index (χ1) is 42.9. The molecule has 0 aromatic rings. The number of amides is 1. The minimum absolute atomic E-state index is 0.0268. The van der Waals surface area contributed by atoms with Gasteiger partial charge in [0.1, 0.15) is 19.3 Å². The largest absolute Gasteiger partial charge is 0.756 e. The highest BCUT2D eigenvalue weighted by molar-refractivity contribution is 7.45. The summed E-state index contributed by atoms with van der Waals surface area (Å²) in [6.07, 6.45) is 91.1. The van der Waals surface area contributed by atoms with E-state index in [0.717, 1.165) is 103 Å². The second kappa shape index (κ2) is 66.8. The van der Waals surface area contributed by atoms with E-state index in [2.05, 4.69) is 111 Å². The molecule has 10 heteroatoms. The molecule has 0 aromatic heterocycles. The van der Waals surface area contributed by atoms with Gasteiger partial charge in [-0.3, -0.25) is 14.2 Å². The maximum Gasteiger partial charge on any atom is 0.306 e. The number of quaternary nitrogens is 1. The topological polar surface area (TPSA) is 114 Å². The number of rotatable bonds is 67. The van der Waals surface area contributed by atoms with E-state index in [1.807, 2.05) is 33.3 Å². The van der Waals surface area contributed by atoms with Crippen LogP contribution < -0.4 is 10.2 Å². The van der Waals surface area contributed by atoms with Gasteiger partial charge in [0.15, 0.2) is 0 Å². The molecule has 9 nitrogen and oxygen atoms in total. The van der Waals surface area contributed by atoms with E-state index in [1.165, 1.54) is 193 Å². The van der Waals surface area contributed by atoms with Gasteiger partial charge in [-0.05, 0) is 109 Å². The lowest BCUT2D eigenvalue weighted by Gasteiger charge is -2.30. The first-order valence-electron chi connectivity index (χ1n) is 37.0. The summed E-state index contributed by atoms with van der Waals surface area (Å²) in [5.74, 6) is -0.546. The number of hydrogen-bond acceptors (Lipinski definition) is 7. The summed E-state index contributed by atoms with van der Waals surface area (Å²) >= 11 is 0. The Morgan fingerprint density at radius 3 is 1.11 bits per heavy atom. The molecule has 0 spiro atoms. The lowest BCUT2D eigenvalue weighted by atomic mass is 10.0. The van der Waals surface area contributed by atoms with Crippen molar-refractivity contribution in [1.82, 2.24) is 5.32 Å². The van der Waals surface area contributed by atoms with Gasteiger partial charge in [0, 0.05) is 12.8 Å². The second-order valence-electron chi connectivity index (χ2n) is 26.1. The summed E-state index contributed by atoms with van der Waals surface area (Å²) in [7, 11) is 1.18. The summed E-state index contributed by atoms with van der Waals surface area (Å²) in [5.41, 5.74) is 0. The Kier molecular flexibility index (Phi) is 64.5. The minimum Gasteiger partial charge on any atom is -0.756 e. The zero-order valence-electron chi connectivity index (χ0n) is 58.4. The van der Waals surface area contributed by atoms with Gasteiger partial charge in [0.05, 0.1) is 33.8 Å². The van der Waals surface area contributed by atoms with Crippen LogP contribution in [0.3, 0.4) is 0 Å². The number of allylic oxidation sites excluding steroid dienone is 15. The Labute approximate surface area is 545 Å². The summed E-state index contributed by atoms with van der Waals surface area (Å²) in [4.78, 5) is 40.2. The molecule has 88 heavy (non-hydrogen) atoms. The molecule has 0 radical (unpaired) electrons. The van der Waals surface area contributed by atoms with Crippen LogP contribution in [-0.2, 0) is 27.9 Å². The van der Waals surface area contributed by atoms with Crippen LogP contribution in [0.15, 0.2) is 97.2 Å². The molecule has 0 fully saturated rings. The SMILES string of the molecule is CC/C=C\C/C=C\C/C=C\C/C=C\C/C=C\CCCCCCCCCC(=O)OC(/C=C\CCCCCCCCCCCC)C(COP(=O)([O-])OCC[N+](C)(C)C)NC(=O)CCCCCCCCCCCCCCCCCCC/C=C\C/C=C\CCCCC. The number of ether oxygens (including phenoxy) is 1. The fourth-order valence-electron chi connectivity index (χ4n) is 10.6. The molecule has 0 saturated heterocycles. The van der Waals surface area contributed by atoms with Gasteiger partial charge >= 0.3 is 5.97 Å². The van der Waals surface area contributed by atoms with Crippen molar-refractivity contribution in [2.75, 3.05) is 40.9 Å². The van der Waals surface area contributed by atoms with Gasteiger partial charge in [0.25, 0.3) is 7.82 Å². The Hall–Kier alpha value is -3.07. The van der Waals surface area contributed by atoms with Crippen LogP contribution in [0.25, 0.3) is 0 Å². The van der Waals surface area contributed by atoms with Crippen molar-refractivity contribution in [3.8, 4) is 0 Å². The molecule has 0 saturated carbocycles. The quantitative estimate of drug-likeness (QED) is 0.0212. The van der Waals surface area contributed by atoms with Gasteiger partial charge in [-0.25, -0.2) is 0 Å². The van der Waals surface area contributed by atoms with Crippen LogP contribution in [0, 0.1) is 0 Å². The van der Waals surface area contributed by atoms with Crippen LogP contribution in [0.5, 0.6) is 0 Å². The molecule has 0 aliphatic carbocycles. The number of carbonyl (C=O) groups is 2. The molecule has 0 bridgehead atoms. The standard InChI is InChI=1S/C78H141N2O7P/c1-7-10-13-16-19-22-25-28-30-32-34-36-38-39-40-41-43-44-46-48-50-52-55-58-61-64-67-70-77(81)79-75(74-86-88(83,84)85-73-72-80(4,5)6)76(69-66-63-60-57-54-27-24-21-18-15-12-9-3)87-78(82)71-68-65-62-59-56-53-51-49-47-45-42-37-35-33-31-29-26-23-20-17-14-11-8-2/h11,14,19-20,22-23,28-31,35,37,45,47,66,69,75-76H,7-10,12-13,15-18,21,24-27,32-34,36,38-44,46,48-65,67-68,70-74H2,1-6H3,(H-,79,81,83,84)/b14-11-,22-19-,23-20-,30-28-,31-29-,37-35-,47-45-,69-66-. The van der Waals surface area contributed by atoms with Crippen LogP contribution in [0.2, 0.25) is 0 Å². The molecule has 510 valence electrons. The third-order valence-electron chi connectivity index (χ3n) is 16.2. The molecular weight excluding hydrogens is 1110 g/mol. The van der Waals surface area contributed by atoms with E-state index in [0.29, 0.717) is 23.9 Å². The van der Waals surface area contributed by atoms with Crippen molar-refractivity contribution in [3.63, 3.8) is 0 Å². The average Bonchev–Trinajstić information content (AvgIpc) is 3.71. The Balaban J connectivity index is 5.02. The highest BCUT2D eigenvalue weighted by atomic mass is 31.2. The van der Waals surface area contributed by atoms with Crippen molar-refractivity contribution in [2.45, 2.75) is 348 Å². The third-order valence-corrected chi connectivity index (χ3v) is 17.2. The second-order valence-corrected chi connectivity index (χ2v) is 27.5. The van der Waals surface area contributed by atoms with E-state index in [-0.39, 0.29) is 24.9 Å². The number of nitrogens with one attached hydrogen (secondary N) is 1. The number of likely N-dealkylation sites (N-methyl/N-ethyl adjacent to an activating group) is 1. The minimum atomic E-state index is -4.71. The van der Waals surface area contributed by atoms with Crippen LogP contribution in [0.4, 0.5) is 0 Å². The predicted molar refractivity (Wildman–Crippen MR) is 381 cm³/mol. The molecule has 3 atom stereocenters. The van der Waals surface area contributed by atoms with Crippen molar-refractivity contribution >= 4 is 19.7 Å². The van der Waals surface area contributed by atoms with Crippen LogP contribution >= 0.6 is 7.82 Å². The number of nitrogens with zero attached hydrogens (tertiary/aromatic N) is 1. The third kappa shape index (κ3) is 67.3. The summed E-state index contributed by atoms with van der Waals surface area (Å²) < 4.78 is 30.5. The van der Waals surface area contributed by atoms with Crippen molar-refractivity contribution in [2.24, 2.45) is 0 Å². The average molecular weight is 1250 g/mol. The molecule has 1 N–H and O–H groups in total. The first kappa shape index (κ1) is 84.9. The van der Waals surface area contributed by atoms with E-state index in [9.17, 15) is 19.0 Å². The van der Waals surface area contributed by atoms with Gasteiger partial charge in [-0.1, -0.05) is 311 Å². The Bertz CT molecular complexity index is 1830. The van der Waals surface area contributed by atoms with Gasteiger partial charge in [-0.15, -0.1) is 0 Å². The number of phosphoric ester groups is 1. The molecule has 0 rings (SSSR count). The molecule has 0 heterocycles. The number of phosphoric acid groups is 1. The molecule has 3 unspecified atom stereocenters. The van der Waals surface area contributed by atoms with E-state index in [4.69, 9.17) is 13.8 Å². The molecule has 1 amide bonds. The van der Waals surface area contributed by atoms with Crippen LogP contribution in [0.1, 0.15) is 335 Å². The first-order valence-corrected chi connectivity index (χ1v) is 38.5. The Morgan fingerprint density at radius 2 is 0.727 bits per heavy atom. The van der Waals surface area contributed by atoms with Gasteiger partial charge < -0.3 is 28.5 Å². The number of hydrogen-bond donors (Lipinski definition) is 1. The van der Waals surface area contributed by atoms with E-state index >= 15 is 0 Å². The van der Waals surface area contributed by atoms with Gasteiger partial charge in [0.2, 0.25) is 5.91 Å². The zero-order chi connectivity index (χ0) is 64.2. The maximum absolute atomic E-state index is 13.6. The normalized spacial score (nSPS) is 14.0. The fraction of sp³-hybridized carbons (Fsp3) is 0.769. The summed E-state index contributed by atoms with van der Waals surface area (Å²) in [6.45, 7) is 6.73. The smallest absolute Gasteiger partial charge is 0.306 e. The number of carbonyl (C=O) groups excluding carboxylic acids is 2. The van der Waals surface area contributed by atoms with Crippen molar-refractivity contribution < 1.29 is 37.3 Å². The predicted octanol–water partition coefficient (Wildman–Crippen LogP) is 23.2. The highest BCUT2D eigenvalue weighted by Crippen LogP contribution is 2.38. The fourth-order valence-corrected chi connectivity index (χ4v) is 11.3. The highest BCUT2D eigenvalue weighted by Gasteiger charge is 2.27. The van der Waals surface area contributed by atoms with Crippen molar-refractivity contribution in [3.05, 3.63) is 97.2 Å². The summed E-state index contributed by atoms with van der Waals surface area (Å²) in [6, 6.07) is -0.898. The zero-order valence-corrected chi connectivity index (χ0v) is 59.3. The lowest BCUT2D eigenvalue weighted by molar-refractivity contribution is -0.870. The molecule has 0 aliphatic rings. The van der Waals surface area contributed by atoms with E-state index < -0.39 is 26.6 Å². The van der Waals surface area contributed by atoms with E-state index in [1.54, 1.807) is 0 Å². The van der Waals surface area contributed by atoms with Crippen molar-refractivity contribution in [1.29, 1.82) is 0 Å². The maximum atomic E-state index is 13.6. The van der Waals surface area contributed by atoms with Crippen LogP contribution in [-0.4, -0.2) is 69.4 Å².